The molecule has 0 aliphatic carbocycles. The van der Waals surface area contributed by atoms with E-state index >= 15 is 0 Å². The molecule has 0 aliphatic heterocycles. The third kappa shape index (κ3) is 1.39. The van der Waals surface area contributed by atoms with Crippen LogP contribution < -0.4 is 0 Å². The summed E-state index contributed by atoms with van der Waals surface area (Å²) in [7, 11) is 0. The van der Waals surface area contributed by atoms with Gasteiger partial charge in [0.05, 0.1) is 11.9 Å². The fourth-order valence-electron chi connectivity index (χ4n) is 1.40. The number of rotatable bonds is 0. The predicted molar refractivity (Wildman–Crippen MR) is 56.4 cm³/mol. The Balaban J connectivity index is 2.66. The molecule has 0 saturated carbocycles. The van der Waals surface area contributed by atoms with E-state index in [0.29, 0.717) is 0 Å². The van der Waals surface area contributed by atoms with Crippen molar-refractivity contribution >= 4 is 5.65 Å². The second-order valence-electron chi connectivity index (χ2n) is 4.65. The van der Waals surface area contributed by atoms with Crippen molar-refractivity contribution in [1.82, 2.24) is 14.4 Å². The molecule has 0 aromatic carbocycles. The molecular formula is C11H15N3. The molecule has 2 aromatic rings. The summed E-state index contributed by atoms with van der Waals surface area (Å²) in [5.74, 6) is 0. The Labute approximate surface area is 83.8 Å². The third-order valence-electron chi connectivity index (χ3n) is 2.35. The standard InChI is InChI=1S/C11H15N3/c1-8-5-13-10-6-12-9(7-14(8)10)11(2,3)4/h5-7H,1-4H3. The number of hydrogen-bond donors (Lipinski definition) is 0. The molecule has 74 valence electrons. The van der Waals surface area contributed by atoms with Crippen LogP contribution in [0.15, 0.2) is 18.6 Å². The second kappa shape index (κ2) is 2.80. The highest BCUT2D eigenvalue weighted by Gasteiger charge is 2.16. The topological polar surface area (TPSA) is 30.2 Å². The van der Waals surface area contributed by atoms with E-state index in [9.17, 15) is 0 Å². The van der Waals surface area contributed by atoms with Crippen molar-refractivity contribution in [2.45, 2.75) is 33.1 Å². The van der Waals surface area contributed by atoms with Crippen LogP contribution in [0.1, 0.15) is 32.2 Å². The van der Waals surface area contributed by atoms with Gasteiger partial charge in [0, 0.05) is 23.5 Å². The molecule has 3 nitrogen and oxygen atoms in total. The molecule has 0 aliphatic rings. The van der Waals surface area contributed by atoms with Crippen LogP contribution in [0.5, 0.6) is 0 Å². The van der Waals surface area contributed by atoms with Gasteiger partial charge in [-0.1, -0.05) is 20.8 Å². The predicted octanol–water partition coefficient (Wildman–Crippen LogP) is 2.34. The van der Waals surface area contributed by atoms with E-state index in [4.69, 9.17) is 0 Å². The maximum Gasteiger partial charge on any atom is 0.155 e. The number of aryl methyl sites for hydroxylation is 1. The van der Waals surface area contributed by atoms with Crippen molar-refractivity contribution < 1.29 is 0 Å². The van der Waals surface area contributed by atoms with Gasteiger partial charge in [-0.05, 0) is 6.92 Å². The van der Waals surface area contributed by atoms with Crippen molar-refractivity contribution in [3.8, 4) is 0 Å². The highest BCUT2D eigenvalue weighted by atomic mass is 15.0. The first-order valence-electron chi connectivity index (χ1n) is 4.79. The van der Waals surface area contributed by atoms with Gasteiger partial charge in [-0.25, -0.2) is 4.98 Å². The van der Waals surface area contributed by atoms with Gasteiger partial charge in [0.2, 0.25) is 0 Å². The zero-order valence-electron chi connectivity index (χ0n) is 9.07. The summed E-state index contributed by atoms with van der Waals surface area (Å²) in [5, 5.41) is 0. The average Bonchev–Trinajstić information content (AvgIpc) is 2.46. The van der Waals surface area contributed by atoms with E-state index in [0.717, 1.165) is 17.0 Å². The Morgan fingerprint density at radius 2 is 1.86 bits per heavy atom. The smallest absolute Gasteiger partial charge is 0.155 e. The fraction of sp³-hybridized carbons (Fsp3) is 0.455. The van der Waals surface area contributed by atoms with Crippen molar-refractivity contribution in [2.24, 2.45) is 0 Å². The molecular weight excluding hydrogens is 174 g/mol. The van der Waals surface area contributed by atoms with Crippen molar-refractivity contribution in [3.63, 3.8) is 0 Å². The number of nitrogens with zero attached hydrogens (tertiary/aromatic N) is 3. The van der Waals surface area contributed by atoms with Crippen molar-refractivity contribution in [1.29, 1.82) is 0 Å². The summed E-state index contributed by atoms with van der Waals surface area (Å²) < 4.78 is 2.08. The molecule has 0 saturated heterocycles. The number of aromatic nitrogens is 3. The van der Waals surface area contributed by atoms with Gasteiger partial charge in [-0.2, -0.15) is 0 Å². The molecule has 0 N–H and O–H groups in total. The minimum Gasteiger partial charge on any atom is -0.301 e. The fourth-order valence-corrected chi connectivity index (χ4v) is 1.40. The molecule has 0 spiro atoms. The normalized spacial score (nSPS) is 12.3. The zero-order valence-corrected chi connectivity index (χ0v) is 9.07. The van der Waals surface area contributed by atoms with Gasteiger partial charge in [0.1, 0.15) is 0 Å². The van der Waals surface area contributed by atoms with E-state index in [1.165, 1.54) is 0 Å². The van der Waals surface area contributed by atoms with E-state index < -0.39 is 0 Å². The highest BCUT2D eigenvalue weighted by molar-refractivity contribution is 5.38. The molecule has 0 bridgehead atoms. The third-order valence-corrected chi connectivity index (χ3v) is 2.35. The molecule has 0 radical (unpaired) electrons. The first kappa shape index (κ1) is 9.19. The Kier molecular flexibility index (Phi) is 1.84. The molecule has 2 rings (SSSR count). The van der Waals surface area contributed by atoms with Crippen molar-refractivity contribution in [2.75, 3.05) is 0 Å². The minimum absolute atomic E-state index is 0.0882. The summed E-state index contributed by atoms with van der Waals surface area (Å²) in [6.45, 7) is 8.53. The summed E-state index contributed by atoms with van der Waals surface area (Å²) in [5.41, 5.74) is 3.24. The van der Waals surface area contributed by atoms with Gasteiger partial charge in [0.25, 0.3) is 0 Å². The number of fused-ring (bicyclic) bond motifs is 1. The largest absolute Gasteiger partial charge is 0.301 e. The van der Waals surface area contributed by atoms with E-state index in [1.54, 1.807) is 0 Å². The lowest BCUT2D eigenvalue weighted by Crippen LogP contribution is -2.14. The Morgan fingerprint density at radius 3 is 2.50 bits per heavy atom. The molecule has 0 amide bonds. The Bertz CT molecular complexity index is 463. The van der Waals surface area contributed by atoms with Crippen LogP contribution in [0, 0.1) is 6.92 Å². The highest BCUT2D eigenvalue weighted by Crippen LogP contribution is 2.20. The lowest BCUT2D eigenvalue weighted by Gasteiger charge is -2.17. The molecule has 2 heterocycles. The first-order valence-corrected chi connectivity index (χ1v) is 4.79. The summed E-state index contributed by atoms with van der Waals surface area (Å²) in [6.07, 6.45) is 5.76. The SMILES string of the molecule is Cc1cnc2cnc(C(C)(C)C)cn12. The second-order valence-corrected chi connectivity index (χ2v) is 4.65. The van der Waals surface area contributed by atoms with Crippen LogP contribution in [-0.2, 0) is 5.41 Å². The van der Waals surface area contributed by atoms with Gasteiger partial charge < -0.3 is 4.40 Å². The monoisotopic (exact) mass is 189 g/mol. The van der Waals surface area contributed by atoms with Crippen LogP contribution in [0.2, 0.25) is 0 Å². The number of hydrogen-bond acceptors (Lipinski definition) is 2. The van der Waals surface area contributed by atoms with E-state index in [2.05, 4.69) is 41.3 Å². The molecule has 2 aromatic heterocycles. The van der Waals surface area contributed by atoms with Crippen LogP contribution in [0.4, 0.5) is 0 Å². The lowest BCUT2D eigenvalue weighted by molar-refractivity contribution is 0.564. The first-order chi connectivity index (χ1) is 6.48. The molecule has 0 unspecified atom stereocenters. The van der Waals surface area contributed by atoms with Gasteiger partial charge in [-0.3, -0.25) is 4.98 Å². The van der Waals surface area contributed by atoms with E-state index in [-0.39, 0.29) is 5.41 Å². The summed E-state index contributed by atoms with van der Waals surface area (Å²) in [6, 6.07) is 0. The van der Waals surface area contributed by atoms with Crippen LogP contribution in [0.25, 0.3) is 5.65 Å². The minimum atomic E-state index is 0.0882. The maximum atomic E-state index is 4.41. The summed E-state index contributed by atoms with van der Waals surface area (Å²) in [4.78, 5) is 8.65. The Morgan fingerprint density at radius 1 is 1.14 bits per heavy atom. The zero-order chi connectivity index (χ0) is 10.3. The van der Waals surface area contributed by atoms with Crippen LogP contribution >= 0.6 is 0 Å². The quantitative estimate of drug-likeness (QED) is 0.636. The van der Waals surface area contributed by atoms with E-state index in [1.807, 2.05) is 19.3 Å². The molecule has 0 fully saturated rings. The number of imidazole rings is 1. The lowest BCUT2D eigenvalue weighted by atomic mass is 9.93. The van der Waals surface area contributed by atoms with Gasteiger partial charge in [-0.15, -0.1) is 0 Å². The van der Waals surface area contributed by atoms with Crippen LogP contribution in [-0.4, -0.2) is 14.4 Å². The van der Waals surface area contributed by atoms with Crippen molar-refractivity contribution in [3.05, 3.63) is 30.0 Å². The maximum absolute atomic E-state index is 4.41. The molecule has 14 heavy (non-hydrogen) atoms. The molecule has 3 heteroatoms. The van der Waals surface area contributed by atoms with Crippen LogP contribution in [0.3, 0.4) is 0 Å². The van der Waals surface area contributed by atoms with Gasteiger partial charge in [0.15, 0.2) is 5.65 Å². The molecule has 0 atom stereocenters. The Hall–Kier alpha value is -1.38. The van der Waals surface area contributed by atoms with Gasteiger partial charge >= 0.3 is 0 Å². The summed E-state index contributed by atoms with van der Waals surface area (Å²) >= 11 is 0. The average molecular weight is 189 g/mol.